The van der Waals surface area contributed by atoms with Gasteiger partial charge in [-0.2, -0.15) is 15.1 Å². The second kappa shape index (κ2) is 4.34. The van der Waals surface area contributed by atoms with Crippen LogP contribution >= 0.6 is 0 Å². The lowest BCUT2D eigenvalue weighted by Crippen LogP contribution is -2.46. The molecule has 0 bridgehead atoms. The molecule has 1 fully saturated rings. The van der Waals surface area contributed by atoms with Gasteiger partial charge in [-0.05, 0) is 19.8 Å². The summed E-state index contributed by atoms with van der Waals surface area (Å²) in [4.78, 5) is 10.9. The zero-order valence-electron chi connectivity index (χ0n) is 11.1. The molecule has 0 amide bonds. The first-order chi connectivity index (χ1) is 9.09. The maximum atomic E-state index is 10.2. The molecule has 1 aliphatic rings. The molecular formula is C12H18N6O. The second-order valence-electron chi connectivity index (χ2n) is 5.28. The van der Waals surface area contributed by atoms with Crippen molar-refractivity contribution >= 4 is 22.8 Å². The van der Waals surface area contributed by atoms with E-state index in [2.05, 4.69) is 30.4 Å². The number of nitrogens with one attached hydrogen (secondary N) is 2. The Bertz CT molecular complexity index is 593. The summed E-state index contributed by atoms with van der Waals surface area (Å²) in [6.07, 6.45) is 3.50. The zero-order valence-corrected chi connectivity index (χ0v) is 11.1. The minimum Gasteiger partial charge on any atom is -0.388 e. The molecule has 3 rings (SSSR count). The number of hydrogen-bond donors (Lipinski definition) is 3. The van der Waals surface area contributed by atoms with Gasteiger partial charge in [-0.3, -0.25) is 5.10 Å². The van der Waals surface area contributed by atoms with Gasteiger partial charge in [-0.15, -0.1) is 0 Å². The molecule has 0 spiro atoms. The SMILES string of the molecule is CNc1nc(N2CCCC(C)(O)C2)c2cn[nH]c2n1. The molecule has 7 heteroatoms. The number of aliphatic hydroxyl groups is 1. The molecular weight excluding hydrogens is 244 g/mol. The molecule has 0 radical (unpaired) electrons. The molecule has 1 saturated heterocycles. The second-order valence-corrected chi connectivity index (χ2v) is 5.28. The highest BCUT2D eigenvalue weighted by Crippen LogP contribution is 2.29. The van der Waals surface area contributed by atoms with Crippen LogP contribution in [0.25, 0.3) is 11.0 Å². The van der Waals surface area contributed by atoms with Crippen LogP contribution in [0, 0.1) is 0 Å². The summed E-state index contributed by atoms with van der Waals surface area (Å²) in [7, 11) is 1.79. The van der Waals surface area contributed by atoms with E-state index in [-0.39, 0.29) is 0 Å². The Morgan fingerprint density at radius 1 is 1.47 bits per heavy atom. The van der Waals surface area contributed by atoms with Crippen molar-refractivity contribution < 1.29 is 5.11 Å². The summed E-state index contributed by atoms with van der Waals surface area (Å²) in [5, 5.41) is 21.0. The Morgan fingerprint density at radius 2 is 2.32 bits per heavy atom. The van der Waals surface area contributed by atoms with Gasteiger partial charge in [0, 0.05) is 20.1 Å². The van der Waals surface area contributed by atoms with Crippen LogP contribution in [0.3, 0.4) is 0 Å². The number of anilines is 2. The highest BCUT2D eigenvalue weighted by molar-refractivity contribution is 5.87. The van der Waals surface area contributed by atoms with Crippen LogP contribution < -0.4 is 10.2 Å². The third-order valence-electron chi connectivity index (χ3n) is 3.49. The zero-order chi connectivity index (χ0) is 13.5. The van der Waals surface area contributed by atoms with Gasteiger partial charge in [0.1, 0.15) is 5.82 Å². The Hall–Kier alpha value is -1.89. The van der Waals surface area contributed by atoms with Crippen molar-refractivity contribution in [2.24, 2.45) is 0 Å². The van der Waals surface area contributed by atoms with Crippen LogP contribution in [0.15, 0.2) is 6.20 Å². The van der Waals surface area contributed by atoms with Crippen LogP contribution in [0.1, 0.15) is 19.8 Å². The molecule has 2 aromatic rings. The fourth-order valence-corrected chi connectivity index (χ4v) is 2.57. The van der Waals surface area contributed by atoms with Gasteiger partial charge < -0.3 is 15.3 Å². The molecule has 2 aromatic heterocycles. The van der Waals surface area contributed by atoms with Gasteiger partial charge in [0.2, 0.25) is 5.95 Å². The number of rotatable bonds is 2. The van der Waals surface area contributed by atoms with Gasteiger partial charge in [0.05, 0.1) is 17.2 Å². The number of H-pyrrole nitrogens is 1. The van der Waals surface area contributed by atoms with E-state index in [0.29, 0.717) is 18.1 Å². The molecule has 1 aliphatic heterocycles. The van der Waals surface area contributed by atoms with Crippen molar-refractivity contribution in [3.63, 3.8) is 0 Å². The van der Waals surface area contributed by atoms with E-state index in [1.54, 1.807) is 13.2 Å². The van der Waals surface area contributed by atoms with E-state index in [1.165, 1.54) is 0 Å². The molecule has 3 heterocycles. The monoisotopic (exact) mass is 262 g/mol. The standard InChI is InChI=1S/C12H18N6O/c1-12(19)4-3-5-18(7-12)10-8-6-14-17-9(8)15-11(13-2)16-10/h6,19H,3-5,7H2,1-2H3,(H2,13,14,15,16,17). The molecule has 3 N–H and O–H groups in total. The molecule has 102 valence electrons. The van der Waals surface area contributed by atoms with E-state index < -0.39 is 5.60 Å². The van der Waals surface area contributed by atoms with E-state index in [1.807, 2.05) is 6.92 Å². The first-order valence-corrected chi connectivity index (χ1v) is 6.45. The first kappa shape index (κ1) is 12.2. The van der Waals surface area contributed by atoms with Gasteiger partial charge in [-0.1, -0.05) is 0 Å². The Labute approximate surface area is 111 Å². The van der Waals surface area contributed by atoms with Crippen LogP contribution in [0.5, 0.6) is 0 Å². The van der Waals surface area contributed by atoms with Gasteiger partial charge in [0.15, 0.2) is 5.65 Å². The lowest BCUT2D eigenvalue weighted by atomic mass is 9.95. The number of aromatic nitrogens is 4. The van der Waals surface area contributed by atoms with E-state index in [0.717, 1.165) is 30.6 Å². The summed E-state index contributed by atoms with van der Waals surface area (Å²) in [6, 6.07) is 0. The number of hydrogen-bond acceptors (Lipinski definition) is 6. The topological polar surface area (TPSA) is 90.0 Å². The Balaban J connectivity index is 2.05. The number of aromatic amines is 1. The van der Waals surface area contributed by atoms with Crippen LogP contribution in [0.4, 0.5) is 11.8 Å². The van der Waals surface area contributed by atoms with Gasteiger partial charge in [0.25, 0.3) is 0 Å². The predicted octanol–water partition coefficient (Wildman–Crippen LogP) is 0.746. The molecule has 1 unspecified atom stereocenters. The summed E-state index contributed by atoms with van der Waals surface area (Å²) in [5.74, 6) is 1.38. The van der Waals surface area contributed by atoms with Crippen LogP contribution in [-0.4, -0.2) is 51.0 Å². The average molecular weight is 262 g/mol. The van der Waals surface area contributed by atoms with Gasteiger partial charge >= 0.3 is 0 Å². The Morgan fingerprint density at radius 3 is 3.05 bits per heavy atom. The largest absolute Gasteiger partial charge is 0.388 e. The molecule has 0 aromatic carbocycles. The molecule has 0 aliphatic carbocycles. The maximum Gasteiger partial charge on any atom is 0.226 e. The van der Waals surface area contributed by atoms with Crippen LogP contribution in [0.2, 0.25) is 0 Å². The van der Waals surface area contributed by atoms with Crippen molar-refractivity contribution in [1.29, 1.82) is 0 Å². The minimum atomic E-state index is -0.668. The fourth-order valence-electron chi connectivity index (χ4n) is 2.57. The van der Waals surface area contributed by atoms with Gasteiger partial charge in [-0.25, -0.2) is 0 Å². The minimum absolute atomic E-state index is 0.553. The number of nitrogens with zero attached hydrogens (tertiary/aromatic N) is 4. The summed E-state index contributed by atoms with van der Waals surface area (Å²) >= 11 is 0. The summed E-state index contributed by atoms with van der Waals surface area (Å²) < 4.78 is 0. The van der Waals surface area contributed by atoms with E-state index >= 15 is 0 Å². The third kappa shape index (κ3) is 2.21. The molecule has 1 atom stereocenters. The molecule has 7 nitrogen and oxygen atoms in total. The van der Waals surface area contributed by atoms with E-state index in [4.69, 9.17) is 0 Å². The van der Waals surface area contributed by atoms with Crippen molar-refractivity contribution in [3.05, 3.63) is 6.20 Å². The number of piperidine rings is 1. The fraction of sp³-hybridized carbons (Fsp3) is 0.583. The normalized spacial score (nSPS) is 23.8. The summed E-state index contributed by atoms with van der Waals surface area (Å²) in [6.45, 7) is 3.33. The lowest BCUT2D eigenvalue weighted by Gasteiger charge is -2.37. The average Bonchev–Trinajstić information content (AvgIpc) is 2.84. The quantitative estimate of drug-likeness (QED) is 0.740. The van der Waals surface area contributed by atoms with Crippen molar-refractivity contribution in [2.75, 3.05) is 30.4 Å². The smallest absolute Gasteiger partial charge is 0.226 e. The van der Waals surface area contributed by atoms with Crippen molar-refractivity contribution in [2.45, 2.75) is 25.4 Å². The van der Waals surface area contributed by atoms with Crippen molar-refractivity contribution in [3.8, 4) is 0 Å². The third-order valence-corrected chi connectivity index (χ3v) is 3.49. The maximum absolute atomic E-state index is 10.2. The predicted molar refractivity (Wildman–Crippen MR) is 73.3 cm³/mol. The highest BCUT2D eigenvalue weighted by Gasteiger charge is 2.30. The first-order valence-electron chi connectivity index (χ1n) is 6.45. The lowest BCUT2D eigenvalue weighted by molar-refractivity contribution is 0.0448. The molecule has 0 saturated carbocycles. The summed E-state index contributed by atoms with van der Waals surface area (Å²) in [5.41, 5.74) is 0.0403. The number of β-amino-alcohol motifs (C(OH)–C–C–N with tert-alkyl or cyclic N) is 1. The highest BCUT2D eigenvalue weighted by atomic mass is 16.3. The number of fused-ring (bicyclic) bond motifs is 1. The van der Waals surface area contributed by atoms with Crippen LogP contribution in [-0.2, 0) is 0 Å². The van der Waals surface area contributed by atoms with Crippen molar-refractivity contribution in [1.82, 2.24) is 20.2 Å². The molecule has 19 heavy (non-hydrogen) atoms. The Kier molecular flexibility index (Phi) is 2.78. The van der Waals surface area contributed by atoms with E-state index in [9.17, 15) is 5.11 Å².